The molecule has 5 rings (SSSR count). The lowest BCUT2D eigenvalue weighted by Gasteiger charge is -2.05. The van der Waals surface area contributed by atoms with Gasteiger partial charge in [-0.2, -0.15) is 5.11 Å². The van der Waals surface area contributed by atoms with E-state index in [0.29, 0.717) is 12.2 Å². The number of para-hydroxylation sites is 1. The maximum Gasteiger partial charge on any atom is 0.119 e. The molecule has 3 aromatic carbocycles. The summed E-state index contributed by atoms with van der Waals surface area (Å²) >= 11 is 0. The molecule has 0 bridgehead atoms. The fourth-order valence-electron chi connectivity index (χ4n) is 3.64. The van der Waals surface area contributed by atoms with Crippen LogP contribution >= 0.6 is 0 Å². The first-order valence-corrected chi connectivity index (χ1v) is 8.89. The summed E-state index contributed by atoms with van der Waals surface area (Å²) in [4.78, 5) is 3.44. The summed E-state index contributed by atoms with van der Waals surface area (Å²) in [6.45, 7) is 0. The predicted molar refractivity (Wildman–Crippen MR) is 108 cm³/mol. The molecule has 0 saturated carbocycles. The van der Waals surface area contributed by atoms with Crippen molar-refractivity contribution in [1.29, 1.82) is 0 Å². The van der Waals surface area contributed by atoms with Gasteiger partial charge in [0, 0.05) is 22.9 Å². The van der Waals surface area contributed by atoms with Gasteiger partial charge in [-0.3, -0.25) is 0 Å². The molecule has 1 aliphatic rings. The summed E-state index contributed by atoms with van der Waals surface area (Å²) in [5.74, 6) is 0.360. The molecule has 0 spiro atoms. The van der Waals surface area contributed by atoms with Gasteiger partial charge in [0.05, 0.1) is 11.4 Å². The van der Waals surface area contributed by atoms with Gasteiger partial charge < -0.3 is 10.1 Å². The van der Waals surface area contributed by atoms with Crippen LogP contribution in [0.15, 0.2) is 94.9 Å². The van der Waals surface area contributed by atoms with E-state index in [4.69, 9.17) is 0 Å². The second kappa shape index (κ2) is 6.25. The van der Waals surface area contributed by atoms with Crippen LogP contribution in [0.25, 0.3) is 16.5 Å². The van der Waals surface area contributed by atoms with Crippen molar-refractivity contribution in [3.8, 4) is 0 Å². The molecule has 4 heteroatoms. The van der Waals surface area contributed by atoms with Crippen LogP contribution in [0, 0.1) is 0 Å². The number of hydrogen-bond acceptors (Lipinski definition) is 3. The number of nitrogens with one attached hydrogen (secondary N) is 1. The smallest absolute Gasteiger partial charge is 0.119 e. The number of H-pyrrole nitrogens is 1. The second-order valence-electron chi connectivity index (χ2n) is 6.59. The van der Waals surface area contributed by atoms with Crippen molar-refractivity contribution in [1.82, 2.24) is 4.98 Å². The number of aliphatic hydroxyl groups is 1. The molecular formula is C23H17N3O. The molecule has 1 aromatic heterocycles. The van der Waals surface area contributed by atoms with E-state index < -0.39 is 0 Å². The molecule has 4 aromatic rings. The molecular weight excluding hydrogens is 334 g/mol. The SMILES string of the molecule is OC1=C(c2[nH]c3ccccc3c2N=Nc2ccccc2)c2ccccc2C1. The Morgan fingerprint density at radius 2 is 1.52 bits per heavy atom. The number of nitrogens with zero attached hydrogens (tertiary/aromatic N) is 2. The zero-order valence-corrected chi connectivity index (χ0v) is 14.6. The Kier molecular flexibility index (Phi) is 3.61. The first-order valence-electron chi connectivity index (χ1n) is 8.89. The van der Waals surface area contributed by atoms with Gasteiger partial charge in [0.25, 0.3) is 0 Å². The van der Waals surface area contributed by atoms with Crippen molar-refractivity contribution >= 4 is 27.9 Å². The van der Waals surface area contributed by atoms with E-state index in [1.807, 2.05) is 78.9 Å². The minimum absolute atomic E-state index is 0.360. The molecule has 0 saturated heterocycles. The minimum Gasteiger partial charge on any atom is -0.511 e. The number of aromatic nitrogens is 1. The zero-order chi connectivity index (χ0) is 18.2. The van der Waals surface area contributed by atoms with Crippen molar-refractivity contribution in [3.63, 3.8) is 0 Å². The molecule has 4 nitrogen and oxygen atoms in total. The van der Waals surface area contributed by atoms with Gasteiger partial charge in [0.1, 0.15) is 11.4 Å². The second-order valence-corrected chi connectivity index (χ2v) is 6.59. The molecule has 0 radical (unpaired) electrons. The first kappa shape index (κ1) is 15.6. The molecule has 130 valence electrons. The van der Waals surface area contributed by atoms with Gasteiger partial charge in [-0.05, 0) is 29.3 Å². The van der Waals surface area contributed by atoms with Crippen LogP contribution in [-0.4, -0.2) is 10.1 Å². The lowest BCUT2D eigenvalue weighted by atomic mass is 10.0. The normalized spacial score (nSPS) is 13.6. The Balaban J connectivity index is 1.72. The molecule has 0 aliphatic heterocycles. The predicted octanol–water partition coefficient (Wildman–Crippen LogP) is 6.46. The lowest BCUT2D eigenvalue weighted by Crippen LogP contribution is -1.89. The van der Waals surface area contributed by atoms with Crippen LogP contribution in [0.2, 0.25) is 0 Å². The zero-order valence-electron chi connectivity index (χ0n) is 14.6. The summed E-state index contributed by atoms with van der Waals surface area (Å²) in [5.41, 5.74) is 6.28. The summed E-state index contributed by atoms with van der Waals surface area (Å²) < 4.78 is 0. The third-order valence-electron chi connectivity index (χ3n) is 4.88. The summed E-state index contributed by atoms with van der Waals surface area (Å²) in [5, 5.41) is 20.6. The van der Waals surface area contributed by atoms with Gasteiger partial charge in [-0.1, -0.05) is 60.7 Å². The summed E-state index contributed by atoms with van der Waals surface area (Å²) in [6, 6.07) is 25.7. The van der Waals surface area contributed by atoms with E-state index in [9.17, 15) is 5.11 Å². The van der Waals surface area contributed by atoms with Crippen molar-refractivity contribution < 1.29 is 5.11 Å². The number of allylic oxidation sites excluding steroid dienone is 1. The molecule has 1 aliphatic carbocycles. The Bertz CT molecular complexity index is 1200. The number of fused-ring (bicyclic) bond motifs is 2. The molecule has 0 unspecified atom stereocenters. The van der Waals surface area contributed by atoms with Crippen LogP contribution < -0.4 is 0 Å². The highest BCUT2D eigenvalue weighted by atomic mass is 16.3. The molecule has 1 heterocycles. The van der Waals surface area contributed by atoms with E-state index in [0.717, 1.165) is 44.7 Å². The molecule has 0 fully saturated rings. The summed E-state index contributed by atoms with van der Waals surface area (Å²) in [7, 11) is 0. The van der Waals surface area contributed by atoms with Crippen LogP contribution in [0.1, 0.15) is 16.8 Å². The fourth-order valence-corrected chi connectivity index (χ4v) is 3.64. The van der Waals surface area contributed by atoms with E-state index in [1.54, 1.807) is 0 Å². The third-order valence-corrected chi connectivity index (χ3v) is 4.88. The molecule has 27 heavy (non-hydrogen) atoms. The molecule has 0 amide bonds. The van der Waals surface area contributed by atoms with E-state index in [1.165, 1.54) is 0 Å². The number of aromatic amines is 1. The van der Waals surface area contributed by atoms with Gasteiger partial charge in [0.15, 0.2) is 0 Å². The van der Waals surface area contributed by atoms with Crippen molar-refractivity contribution in [2.45, 2.75) is 6.42 Å². The van der Waals surface area contributed by atoms with Crippen LogP contribution in [0.4, 0.5) is 11.4 Å². The standard InChI is InChI=1S/C23H17N3O/c27-20-14-15-8-4-5-11-17(15)21(20)23-22(18-12-6-7-13-19(18)24-23)26-25-16-9-2-1-3-10-16/h1-13,24,27H,14H2. The van der Waals surface area contributed by atoms with Crippen molar-refractivity contribution in [2.24, 2.45) is 10.2 Å². The number of hydrogen-bond donors (Lipinski definition) is 2. The largest absolute Gasteiger partial charge is 0.511 e. The average Bonchev–Trinajstić information content (AvgIpc) is 3.23. The Morgan fingerprint density at radius 3 is 2.41 bits per heavy atom. The Labute approximate surface area is 156 Å². The van der Waals surface area contributed by atoms with E-state index in [2.05, 4.69) is 15.2 Å². The number of azo groups is 1. The van der Waals surface area contributed by atoms with Crippen molar-refractivity contribution in [2.75, 3.05) is 0 Å². The maximum atomic E-state index is 10.7. The van der Waals surface area contributed by atoms with Crippen molar-refractivity contribution in [3.05, 3.63) is 101 Å². The molecule has 2 N–H and O–H groups in total. The monoisotopic (exact) mass is 351 g/mol. The Morgan fingerprint density at radius 1 is 0.778 bits per heavy atom. The molecule has 0 atom stereocenters. The highest BCUT2D eigenvalue weighted by molar-refractivity contribution is 6.01. The van der Waals surface area contributed by atoms with E-state index in [-0.39, 0.29) is 0 Å². The third kappa shape index (κ3) is 2.62. The van der Waals surface area contributed by atoms with Crippen LogP contribution in [0.3, 0.4) is 0 Å². The van der Waals surface area contributed by atoms with Gasteiger partial charge in [-0.25, -0.2) is 0 Å². The van der Waals surface area contributed by atoms with Gasteiger partial charge in [-0.15, -0.1) is 5.11 Å². The fraction of sp³-hybridized carbons (Fsp3) is 0.0435. The summed E-state index contributed by atoms with van der Waals surface area (Å²) in [6.07, 6.45) is 0.538. The van der Waals surface area contributed by atoms with Crippen LogP contribution in [-0.2, 0) is 6.42 Å². The minimum atomic E-state index is 0.360. The van der Waals surface area contributed by atoms with Gasteiger partial charge in [0.2, 0.25) is 0 Å². The highest BCUT2D eigenvalue weighted by Gasteiger charge is 2.26. The van der Waals surface area contributed by atoms with Crippen LogP contribution in [0.5, 0.6) is 0 Å². The Hall–Kier alpha value is -3.66. The lowest BCUT2D eigenvalue weighted by molar-refractivity contribution is 0.405. The average molecular weight is 351 g/mol. The van der Waals surface area contributed by atoms with E-state index >= 15 is 0 Å². The maximum absolute atomic E-state index is 10.7. The number of aliphatic hydroxyl groups excluding tert-OH is 1. The van der Waals surface area contributed by atoms with Gasteiger partial charge >= 0.3 is 0 Å². The number of rotatable bonds is 3. The quantitative estimate of drug-likeness (QED) is 0.409. The topological polar surface area (TPSA) is 60.7 Å². The number of benzene rings is 3. The highest BCUT2D eigenvalue weighted by Crippen LogP contribution is 2.43. The first-order chi connectivity index (χ1) is 13.3.